The quantitative estimate of drug-likeness (QED) is 0.135. The first-order valence-corrected chi connectivity index (χ1v) is 15.7. The number of anilines is 2. The highest BCUT2D eigenvalue weighted by Crippen LogP contribution is 2.37. The second-order valence-corrected chi connectivity index (χ2v) is 11.5. The number of aromatic nitrogens is 2. The summed E-state index contributed by atoms with van der Waals surface area (Å²) >= 11 is 6.61. The van der Waals surface area contributed by atoms with Gasteiger partial charge in [-0.3, -0.25) is 14.8 Å². The lowest BCUT2D eigenvalue weighted by atomic mass is 10.0. The first-order chi connectivity index (χ1) is 23.5. The molecule has 1 fully saturated rings. The van der Waals surface area contributed by atoms with Crippen molar-refractivity contribution in [1.82, 2.24) is 20.6 Å². The number of carbonyl (C=O) groups excluding carboxylic acids is 1. The number of hydrogen-bond donors (Lipinski definition) is 3. The highest BCUT2D eigenvalue weighted by Gasteiger charge is 2.17. The van der Waals surface area contributed by atoms with Gasteiger partial charge in [0, 0.05) is 53.9 Å². The summed E-state index contributed by atoms with van der Waals surface area (Å²) in [7, 11) is 0. The molecule has 3 aromatic carbocycles. The third-order valence-corrected chi connectivity index (χ3v) is 8.03. The number of nitrogens with one attached hydrogen (secondary N) is 3. The third kappa shape index (κ3) is 7.88. The number of piperidine rings is 1. The Bertz CT molecular complexity index is 2080. The molecule has 0 radical (unpaired) electrons. The lowest BCUT2D eigenvalue weighted by Gasteiger charge is -2.17. The number of benzene rings is 3. The van der Waals surface area contributed by atoms with Crippen LogP contribution in [-0.2, 0) is 17.9 Å². The van der Waals surface area contributed by atoms with E-state index in [4.69, 9.17) is 26.3 Å². The van der Waals surface area contributed by atoms with Crippen LogP contribution in [0.5, 0.6) is 17.2 Å². The molecule has 0 saturated carbocycles. The first-order valence-electron chi connectivity index (χ1n) is 15.3. The molecule has 0 aliphatic carbocycles. The average molecular weight is 656 g/mol. The zero-order chi connectivity index (χ0) is 33.3. The van der Waals surface area contributed by atoms with Gasteiger partial charge in [0.25, 0.3) is 0 Å². The van der Waals surface area contributed by atoms with Crippen molar-refractivity contribution in [2.75, 3.05) is 18.4 Å². The van der Waals surface area contributed by atoms with Gasteiger partial charge in [-0.15, -0.1) is 0 Å². The van der Waals surface area contributed by atoms with E-state index in [1.807, 2.05) is 12.1 Å². The Balaban J connectivity index is 1.29. The van der Waals surface area contributed by atoms with Gasteiger partial charge in [-0.2, -0.15) is 10.5 Å². The molecule has 11 heteroatoms. The Morgan fingerprint density at radius 1 is 1.00 bits per heavy atom. The highest BCUT2D eigenvalue weighted by atomic mass is 35.5. The van der Waals surface area contributed by atoms with E-state index in [9.17, 15) is 10.1 Å². The average Bonchev–Trinajstić information content (AvgIpc) is 3.11. The number of fused-ring (bicyclic) bond motifs is 1. The number of ether oxygens (including phenoxy) is 2. The van der Waals surface area contributed by atoms with E-state index in [0.717, 1.165) is 37.1 Å². The Morgan fingerprint density at radius 3 is 2.60 bits per heavy atom. The molecular formula is C37H30ClN7O3. The fraction of sp³-hybridized carbons (Fsp3) is 0.162. The van der Waals surface area contributed by atoms with Crippen molar-refractivity contribution in [3.8, 4) is 29.4 Å². The van der Waals surface area contributed by atoms with Crippen LogP contribution in [0, 0.1) is 22.7 Å². The van der Waals surface area contributed by atoms with E-state index in [-0.39, 0.29) is 19.1 Å². The summed E-state index contributed by atoms with van der Waals surface area (Å²) in [5.74, 6) is 1.38. The lowest BCUT2D eigenvalue weighted by Crippen LogP contribution is -2.25. The molecule has 3 heterocycles. The minimum Gasteiger partial charge on any atom is -0.487 e. The van der Waals surface area contributed by atoms with Crippen LogP contribution in [0.3, 0.4) is 0 Å². The van der Waals surface area contributed by atoms with Crippen molar-refractivity contribution in [1.29, 1.82) is 10.5 Å². The van der Waals surface area contributed by atoms with E-state index in [0.29, 0.717) is 61.2 Å². The van der Waals surface area contributed by atoms with Gasteiger partial charge >= 0.3 is 0 Å². The molecule has 5 aromatic rings. The Labute approximate surface area is 282 Å². The summed E-state index contributed by atoms with van der Waals surface area (Å²) in [6, 6.07) is 23.9. The highest BCUT2D eigenvalue weighted by molar-refractivity contribution is 6.32. The van der Waals surface area contributed by atoms with Crippen LogP contribution >= 0.6 is 11.6 Å². The van der Waals surface area contributed by atoms with Gasteiger partial charge in [-0.1, -0.05) is 29.3 Å². The lowest BCUT2D eigenvalue weighted by molar-refractivity contribution is -0.116. The van der Waals surface area contributed by atoms with Crippen molar-refractivity contribution in [2.24, 2.45) is 0 Å². The van der Waals surface area contributed by atoms with E-state index in [2.05, 4.69) is 38.1 Å². The predicted molar refractivity (Wildman–Crippen MR) is 183 cm³/mol. The standard InChI is InChI=1S/C37H30ClN7O3/c38-32-17-29(4-5-34(32)47-23-26-3-1-2-25(14-26)19-39)45-37-28(20-40)22-43-33-18-35(48-30-8-12-42-13-9-30)27(16-31(33)37)21-44-36(46)15-24-6-10-41-11-7-24/h1-5,8-9,12-18,22,41H,6-7,10-11,21,23H2,(H,43,45)(H,44,46). The summed E-state index contributed by atoms with van der Waals surface area (Å²) in [4.78, 5) is 21.5. The molecular weight excluding hydrogens is 626 g/mol. The summed E-state index contributed by atoms with van der Waals surface area (Å²) in [6.07, 6.45) is 8.12. The number of pyridine rings is 2. The number of nitrogens with zero attached hydrogens (tertiary/aromatic N) is 4. The summed E-state index contributed by atoms with van der Waals surface area (Å²) in [6.45, 7) is 2.14. The second-order valence-electron chi connectivity index (χ2n) is 11.1. The van der Waals surface area contributed by atoms with Crippen molar-refractivity contribution in [3.63, 3.8) is 0 Å². The molecule has 0 spiro atoms. The van der Waals surface area contributed by atoms with Gasteiger partial charge in [-0.05, 0) is 80.0 Å². The number of carbonyl (C=O) groups is 1. The van der Waals surface area contributed by atoms with Crippen molar-refractivity contribution in [2.45, 2.75) is 26.0 Å². The van der Waals surface area contributed by atoms with Crippen LogP contribution in [0.4, 0.5) is 11.4 Å². The fourth-order valence-electron chi connectivity index (χ4n) is 5.29. The van der Waals surface area contributed by atoms with Gasteiger partial charge in [0.2, 0.25) is 5.91 Å². The molecule has 3 N–H and O–H groups in total. The molecule has 1 aliphatic heterocycles. The van der Waals surface area contributed by atoms with Crippen LogP contribution in [0.15, 0.2) is 97.0 Å². The molecule has 1 amide bonds. The van der Waals surface area contributed by atoms with Gasteiger partial charge in [0.15, 0.2) is 0 Å². The van der Waals surface area contributed by atoms with Gasteiger partial charge in [0.1, 0.15) is 29.9 Å². The monoisotopic (exact) mass is 655 g/mol. The molecule has 0 bridgehead atoms. The molecule has 1 aliphatic rings. The summed E-state index contributed by atoms with van der Waals surface area (Å²) in [5, 5.41) is 29.9. The second kappa shape index (κ2) is 15.1. The number of hydrogen-bond acceptors (Lipinski definition) is 9. The van der Waals surface area contributed by atoms with Gasteiger partial charge in [0.05, 0.1) is 33.4 Å². The molecule has 10 nitrogen and oxygen atoms in total. The van der Waals surface area contributed by atoms with Gasteiger partial charge < -0.3 is 25.4 Å². The van der Waals surface area contributed by atoms with Gasteiger partial charge in [-0.25, -0.2) is 0 Å². The molecule has 238 valence electrons. The zero-order valence-corrected chi connectivity index (χ0v) is 26.6. The number of amides is 1. The zero-order valence-electron chi connectivity index (χ0n) is 25.8. The Kier molecular flexibility index (Phi) is 10.1. The van der Waals surface area contributed by atoms with Crippen LogP contribution in [0.25, 0.3) is 10.9 Å². The summed E-state index contributed by atoms with van der Waals surface area (Å²) in [5.41, 5.74) is 5.26. The fourth-order valence-corrected chi connectivity index (χ4v) is 5.53. The van der Waals surface area contributed by atoms with E-state index in [1.165, 1.54) is 6.20 Å². The smallest absolute Gasteiger partial charge is 0.244 e. The minimum atomic E-state index is -0.182. The molecule has 6 rings (SSSR count). The Morgan fingerprint density at radius 2 is 1.83 bits per heavy atom. The largest absolute Gasteiger partial charge is 0.487 e. The number of nitriles is 2. The van der Waals surface area contributed by atoms with Crippen LogP contribution < -0.4 is 25.4 Å². The topological polar surface area (TPSA) is 145 Å². The molecule has 2 aromatic heterocycles. The Hall–Kier alpha value is -5.94. The van der Waals surface area contributed by atoms with E-state index >= 15 is 0 Å². The maximum absolute atomic E-state index is 12.9. The first kappa shape index (κ1) is 32.0. The third-order valence-electron chi connectivity index (χ3n) is 7.73. The van der Waals surface area contributed by atoms with Crippen LogP contribution in [-0.4, -0.2) is 29.0 Å². The maximum atomic E-state index is 12.9. The molecule has 48 heavy (non-hydrogen) atoms. The molecule has 0 unspecified atom stereocenters. The SMILES string of the molecule is N#Cc1cccc(COc2ccc(Nc3c(C#N)cnc4cc(Oc5ccncc5)c(CNC(=O)C=C5CCNCC5)cc34)cc2Cl)c1. The van der Waals surface area contributed by atoms with E-state index in [1.54, 1.807) is 73.1 Å². The van der Waals surface area contributed by atoms with Crippen molar-refractivity contribution in [3.05, 3.63) is 124 Å². The number of rotatable bonds is 10. The van der Waals surface area contributed by atoms with E-state index < -0.39 is 0 Å². The maximum Gasteiger partial charge on any atom is 0.244 e. The van der Waals surface area contributed by atoms with Crippen molar-refractivity contribution < 1.29 is 14.3 Å². The normalized spacial score (nSPS) is 12.4. The van der Waals surface area contributed by atoms with Crippen LogP contribution in [0.2, 0.25) is 5.02 Å². The molecule has 0 atom stereocenters. The predicted octanol–water partition coefficient (Wildman–Crippen LogP) is 7.07. The molecule has 1 saturated heterocycles. The summed E-state index contributed by atoms with van der Waals surface area (Å²) < 4.78 is 12.1. The van der Waals surface area contributed by atoms with Crippen LogP contribution in [0.1, 0.15) is 35.1 Å². The van der Waals surface area contributed by atoms with Crippen molar-refractivity contribution >= 4 is 39.8 Å². The number of halogens is 1. The minimum absolute atomic E-state index is 0.182.